The summed E-state index contributed by atoms with van der Waals surface area (Å²) in [5, 5.41) is 22.1. The number of aliphatic hydroxyl groups excluding tert-OH is 1. The van der Waals surface area contributed by atoms with Crippen LogP contribution in [0.3, 0.4) is 0 Å². The van der Waals surface area contributed by atoms with Crippen LogP contribution in [0, 0.1) is 6.92 Å². The minimum Gasteiger partial charge on any atom is -0.476 e. The Kier molecular flexibility index (Phi) is 3.97. The molecule has 19 heavy (non-hydrogen) atoms. The minimum atomic E-state index is -1.04. The van der Waals surface area contributed by atoms with Crippen LogP contribution in [0.1, 0.15) is 28.0 Å². The summed E-state index contributed by atoms with van der Waals surface area (Å²) in [4.78, 5) is 11.1. The smallest absolute Gasteiger partial charge is 0.356 e. The largest absolute Gasteiger partial charge is 0.476 e. The zero-order valence-electron chi connectivity index (χ0n) is 10.7. The second-order valence-electron chi connectivity index (χ2n) is 4.42. The van der Waals surface area contributed by atoms with E-state index in [2.05, 4.69) is 5.10 Å². The SMILES string of the molecule is Cc1ccc(-n2cc(CCCO)c(C(=O)O)n2)cc1. The molecule has 100 valence electrons. The summed E-state index contributed by atoms with van der Waals surface area (Å²) in [5.74, 6) is -1.04. The topological polar surface area (TPSA) is 75.4 Å². The van der Waals surface area contributed by atoms with Crippen molar-refractivity contribution in [3.8, 4) is 5.69 Å². The Morgan fingerprint density at radius 3 is 2.58 bits per heavy atom. The highest BCUT2D eigenvalue weighted by atomic mass is 16.4. The molecule has 0 atom stereocenters. The molecule has 0 saturated carbocycles. The zero-order valence-corrected chi connectivity index (χ0v) is 10.7. The van der Waals surface area contributed by atoms with Gasteiger partial charge in [0.1, 0.15) is 0 Å². The first kappa shape index (κ1) is 13.3. The number of hydrogen-bond acceptors (Lipinski definition) is 3. The lowest BCUT2D eigenvalue weighted by Gasteiger charge is -2.00. The van der Waals surface area contributed by atoms with Crippen molar-refractivity contribution < 1.29 is 15.0 Å². The highest BCUT2D eigenvalue weighted by molar-refractivity contribution is 5.87. The van der Waals surface area contributed by atoms with E-state index in [1.54, 1.807) is 10.9 Å². The Hall–Kier alpha value is -2.14. The first-order valence-corrected chi connectivity index (χ1v) is 6.11. The van der Waals surface area contributed by atoms with Gasteiger partial charge in [-0.25, -0.2) is 9.48 Å². The molecule has 0 aliphatic heterocycles. The average Bonchev–Trinajstić information content (AvgIpc) is 2.81. The van der Waals surface area contributed by atoms with Gasteiger partial charge in [-0.15, -0.1) is 0 Å². The van der Waals surface area contributed by atoms with Crippen molar-refractivity contribution in [3.05, 3.63) is 47.3 Å². The van der Waals surface area contributed by atoms with E-state index >= 15 is 0 Å². The van der Waals surface area contributed by atoms with Gasteiger partial charge in [-0.1, -0.05) is 17.7 Å². The Balaban J connectivity index is 2.36. The van der Waals surface area contributed by atoms with Crippen LogP contribution in [-0.2, 0) is 6.42 Å². The molecule has 5 nitrogen and oxygen atoms in total. The molecule has 0 aliphatic carbocycles. The third-order valence-electron chi connectivity index (χ3n) is 2.90. The first-order chi connectivity index (χ1) is 9.11. The van der Waals surface area contributed by atoms with Crippen molar-refractivity contribution in [2.75, 3.05) is 6.61 Å². The molecule has 2 N–H and O–H groups in total. The molecule has 1 heterocycles. The number of aryl methyl sites for hydroxylation is 2. The third kappa shape index (κ3) is 3.00. The summed E-state index contributed by atoms with van der Waals surface area (Å²) in [7, 11) is 0. The molecule has 1 aromatic heterocycles. The number of nitrogens with zero attached hydrogens (tertiary/aromatic N) is 2. The number of rotatable bonds is 5. The van der Waals surface area contributed by atoms with E-state index in [1.807, 2.05) is 31.2 Å². The van der Waals surface area contributed by atoms with Crippen LogP contribution in [0.2, 0.25) is 0 Å². The molecule has 0 spiro atoms. The maximum atomic E-state index is 11.1. The fraction of sp³-hybridized carbons (Fsp3) is 0.286. The Morgan fingerprint density at radius 1 is 1.32 bits per heavy atom. The molecule has 0 radical (unpaired) electrons. The van der Waals surface area contributed by atoms with Gasteiger partial charge in [0.05, 0.1) is 5.69 Å². The van der Waals surface area contributed by atoms with Crippen molar-refractivity contribution in [2.24, 2.45) is 0 Å². The molecule has 0 aliphatic rings. The van der Waals surface area contributed by atoms with Crippen LogP contribution >= 0.6 is 0 Å². The molecule has 2 rings (SSSR count). The second-order valence-corrected chi connectivity index (χ2v) is 4.42. The number of carboxylic acid groups (broad SMARTS) is 1. The number of hydrogen-bond donors (Lipinski definition) is 2. The predicted octanol–water partition coefficient (Wildman–Crippen LogP) is 1.80. The summed E-state index contributed by atoms with van der Waals surface area (Å²) in [6.07, 6.45) is 2.74. The molecule has 5 heteroatoms. The maximum Gasteiger partial charge on any atom is 0.356 e. The molecular weight excluding hydrogens is 244 g/mol. The van der Waals surface area contributed by atoms with Crippen LogP contribution in [-0.4, -0.2) is 32.6 Å². The quantitative estimate of drug-likeness (QED) is 0.859. The molecule has 1 aromatic carbocycles. The molecular formula is C14H16N2O3. The Bertz CT molecular complexity index is 573. The Labute approximate surface area is 111 Å². The number of aromatic nitrogens is 2. The minimum absolute atomic E-state index is 0.0365. The van der Waals surface area contributed by atoms with Gasteiger partial charge >= 0.3 is 5.97 Å². The van der Waals surface area contributed by atoms with Gasteiger partial charge < -0.3 is 10.2 Å². The van der Waals surface area contributed by atoms with Gasteiger partial charge in [0, 0.05) is 18.4 Å². The summed E-state index contributed by atoms with van der Waals surface area (Å²) in [6, 6.07) is 7.68. The van der Waals surface area contributed by atoms with Crippen molar-refractivity contribution in [1.82, 2.24) is 9.78 Å². The fourth-order valence-electron chi connectivity index (χ4n) is 1.87. The van der Waals surface area contributed by atoms with E-state index in [-0.39, 0.29) is 12.3 Å². The fourth-order valence-corrected chi connectivity index (χ4v) is 1.87. The zero-order chi connectivity index (χ0) is 13.8. The van der Waals surface area contributed by atoms with E-state index in [9.17, 15) is 4.79 Å². The third-order valence-corrected chi connectivity index (χ3v) is 2.90. The van der Waals surface area contributed by atoms with Gasteiger partial charge in [0.15, 0.2) is 5.69 Å². The van der Waals surface area contributed by atoms with Gasteiger partial charge in [-0.3, -0.25) is 0 Å². The van der Waals surface area contributed by atoms with E-state index in [0.717, 1.165) is 11.3 Å². The number of carbonyl (C=O) groups is 1. The first-order valence-electron chi connectivity index (χ1n) is 6.11. The molecule has 0 bridgehead atoms. The Morgan fingerprint density at radius 2 is 2.00 bits per heavy atom. The predicted molar refractivity (Wildman–Crippen MR) is 70.7 cm³/mol. The van der Waals surface area contributed by atoms with Gasteiger partial charge in [0.25, 0.3) is 0 Å². The maximum absolute atomic E-state index is 11.1. The summed E-state index contributed by atoms with van der Waals surface area (Å²) >= 11 is 0. The van der Waals surface area contributed by atoms with E-state index < -0.39 is 5.97 Å². The molecule has 0 saturated heterocycles. The van der Waals surface area contributed by atoms with Crippen LogP contribution in [0.15, 0.2) is 30.5 Å². The van der Waals surface area contributed by atoms with Crippen molar-refractivity contribution >= 4 is 5.97 Å². The standard InChI is InChI=1S/C14H16N2O3/c1-10-4-6-12(7-5-10)16-9-11(3-2-8-17)13(15-16)14(18)19/h4-7,9,17H,2-3,8H2,1H3,(H,18,19). The lowest BCUT2D eigenvalue weighted by molar-refractivity contribution is 0.0688. The van der Waals surface area contributed by atoms with Crippen LogP contribution in [0.4, 0.5) is 0 Å². The summed E-state index contributed by atoms with van der Waals surface area (Å²) in [5.41, 5.74) is 2.65. The number of benzene rings is 1. The van der Waals surface area contributed by atoms with Crippen molar-refractivity contribution in [1.29, 1.82) is 0 Å². The molecule has 0 unspecified atom stereocenters. The van der Waals surface area contributed by atoms with Gasteiger partial charge in [-0.05, 0) is 31.9 Å². The lowest BCUT2D eigenvalue weighted by Crippen LogP contribution is -2.03. The highest BCUT2D eigenvalue weighted by Gasteiger charge is 2.15. The van der Waals surface area contributed by atoms with Crippen LogP contribution < -0.4 is 0 Å². The number of aromatic carboxylic acids is 1. The van der Waals surface area contributed by atoms with E-state index in [4.69, 9.17) is 10.2 Å². The van der Waals surface area contributed by atoms with Crippen molar-refractivity contribution in [3.63, 3.8) is 0 Å². The normalized spacial score (nSPS) is 10.6. The summed E-state index contributed by atoms with van der Waals surface area (Å²) < 4.78 is 1.57. The van der Waals surface area contributed by atoms with Gasteiger partial charge in [-0.2, -0.15) is 5.10 Å². The highest BCUT2D eigenvalue weighted by Crippen LogP contribution is 2.15. The second kappa shape index (κ2) is 5.67. The van der Waals surface area contributed by atoms with Gasteiger partial charge in [0.2, 0.25) is 0 Å². The van der Waals surface area contributed by atoms with Crippen LogP contribution in [0.5, 0.6) is 0 Å². The van der Waals surface area contributed by atoms with Crippen LogP contribution in [0.25, 0.3) is 5.69 Å². The van der Waals surface area contributed by atoms with E-state index in [1.165, 1.54) is 0 Å². The average molecular weight is 260 g/mol. The molecule has 0 fully saturated rings. The molecule has 0 amide bonds. The molecule has 2 aromatic rings. The van der Waals surface area contributed by atoms with E-state index in [0.29, 0.717) is 18.4 Å². The number of aliphatic hydroxyl groups is 1. The lowest BCUT2D eigenvalue weighted by atomic mass is 10.1. The summed E-state index contributed by atoms with van der Waals surface area (Å²) in [6.45, 7) is 2.02. The van der Waals surface area contributed by atoms with Crippen molar-refractivity contribution in [2.45, 2.75) is 19.8 Å². The number of carboxylic acids is 1. The monoisotopic (exact) mass is 260 g/mol.